The fourth-order valence-electron chi connectivity index (χ4n) is 3.18. The van der Waals surface area contributed by atoms with E-state index >= 15 is 0 Å². The van der Waals surface area contributed by atoms with Crippen LogP contribution in [0.1, 0.15) is 17.5 Å². The van der Waals surface area contributed by atoms with Gasteiger partial charge < -0.3 is 9.72 Å². The van der Waals surface area contributed by atoms with Gasteiger partial charge >= 0.3 is 0 Å². The van der Waals surface area contributed by atoms with Gasteiger partial charge in [-0.05, 0) is 42.7 Å². The maximum atomic E-state index is 12.3. The molecule has 4 rings (SSSR count). The van der Waals surface area contributed by atoms with E-state index < -0.39 is 0 Å². The molecule has 1 amide bonds. The average molecular weight is 355 g/mol. The molecule has 4 aromatic rings. The minimum Gasteiger partial charge on any atom is -0.326 e. The van der Waals surface area contributed by atoms with E-state index in [-0.39, 0.29) is 5.91 Å². The Morgan fingerprint density at radius 1 is 1.04 bits per heavy atom. The normalized spacial score (nSPS) is 10.9. The Morgan fingerprint density at radius 3 is 2.70 bits per heavy atom. The fourth-order valence-corrected chi connectivity index (χ4v) is 3.18. The zero-order valence-corrected chi connectivity index (χ0v) is 15.2. The topological polar surface area (TPSA) is 46.4 Å². The number of carbonyl (C=O) groups excluding carboxylic acids is 1. The highest BCUT2D eigenvalue weighted by atomic mass is 16.1. The first kappa shape index (κ1) is 17.0. The summed E-state index contributed by atoms with van der Waals surface area (Å²) in [5.41, 5.74) is 5.92. The predicted octanol–water partition coefficient (Wildman–Crippen LogP) is 4.88. The van der Waals surface area contributed by atoms with Crippen LogP contribution in [0.2, 0.25) is 0 Å². The summed E-state index contributed by atoms with van der Waals surface area (Å²) in [4.78, 5) is 17.0. The van der Waals surface area contributed by atoms with Gasteiger partial charge in [-0.1, -0.05) is 48.5 Å². The maximum absolute atomic E-state index is 12.3. The van der Waals surface area contributed by atoms with Gasteiger partial charge in [-0.15, -0.1) is 0 Å². The van der Waals surface area contributed by atoms with Crippen LogP contribution in [0.3, 0.4) is 0 Å². The number of hydrogen-bond donors (Lipinski definition) is 1. The van der Waals surface area contributed by atoms with E-state index in [1.807, 2.05) is 77.5 Å². The smallest absolute Gasteiger partial charge is 0.224 e. The minimum absolute atomic E-state index is 0.0156. The summed E-state index contributed by atoms with van der Waals surface area (Å²) in [6.45, 7) is 2.05. The molecule has 4 nitrogen and oxygen atoms in total. The molecule has 0 saturated carbocycles. The van der Waals surface area contributed by atoms with Crippen molar-refractivity contribution in [2.75, 3.05) is 5.32 Å². The molecule has 0 spiro atoms. The Hall–Kier alpha value is -3.40. The van der Waals surface area contributed by atoms with Crippen molar-refractivity contribution in [3.05, 3.63) is 90.3 Å². The van der Waals surface area contributed by atoms with Gasteiger partial charge in [0.15, 0.2) is 0 Å². The molecule has 2 aromatic carbocycles. The third kappa shape index (κ3) is 3.90. The van der Waals surface area contributed by atoms with E-state index in [4.69, 9.17) is 4.98 Å². The van der Waals surface area contributed by atoms with Crippen molar-refractivity contribution in [2.45, 2.75) is 19.8 Å². The summed E-state index contributed by atoms with van der Waals surface area (Å²) in [7, 11) is 0. The summed E-state index contributed by atoms with van der Waals surface area (Å²) >= 11 is 0. The monoisotopic (exact) mass is 355 g/mol. The lowest BCUT2D eigenvalue weighted by molar-refractivity contribution is -0.116. The zero-order valence-electron chi connectivity index (χ0n) is 15.2. The number of aryl methyl sites for hydroxylation is 2. The molecule has 0 radical (unpaired) electrons. The lowest BCUT2D eigenvalue weighted by Crippen LogP contribution is -2.12. The number of nitrogens with one attached hydrogen (secondary N) is 1. The fraction of sp³-hybridized carbons (Fsp3) is 0.130. The first-order valence-electron chi connectivity index (χ1n) is 9.07. The number of benzene rings is 2. The molecule has 1 N–H and O–H groups in total. The van der Waals surface area contributed by atoms with Crippen LogP contribution < -0.4 is 5.32 Å². The molecule has 0 saturated heterocycles. The van der Waals surface area contributed by atoms with Gasteiger partial charge in [0.05, 0.1) is 5.69 Å². The van der Waals surface area contributed by atoms with Crippen molar-refractivity contribution in [3.63, 3.8) is 0 Å². The van der Waals surface area contributed by atoms with Crippen molar-refractivity contribution < 1.29 is 4.79 Å². The molecule has 0 aliphatic heterocycles. The third-order valence-corrected chi connectivity index (χ3v) is 4.60. The molecule has 0 atom stereocenters. The number of rotatable bonds is 5. The van der Waals surface area contributed by atoms with Gasteiger partial charge in [-0.25, -0.2) is 4.98 Å². The van der Waals surface area contributed by atoms with E-state index in [1.54, 1.807) is 0 Å². The van der Waals surface area contributed by atoms with Crippen LogP contribution in [0.5, 0.6) is 0 Å². The van der Waals surface area contributed by atoms with Crippen molar-refractivity contribution in [1.29, 1.82) is 0 Å². The average Bonchev–Trinajstić information content (AvgIpc) is 3.13. The highest BCUT2D eigenvalue weighted by Crippen LogP contribution is 2.23. The van der Waals surface area contributed by atoms with Crippen molar-refractivity contribution >= 4 is 17.2 Å². The number of amides is 1. The largest absolute Gasteiger partial charge is 0.326 e. The summed E-state index contributed by atoms with van der Waals surface area (Å²) in [5.74, 6) is 0.0156. The van der Waals surface area contributed by atoms with Gasteiger partial charge in [0.25, 0.3) is 0 Å². The molecule has 0 aliphatic carbocycles. The molecule has 2 aromatic heterocycles. The molecule has 0 fully saturated rings. The highest BCUT2D eigenvalue weighted by Gasteiger charge is 2.08. The number of nitrogens with zero attached hydrogens (tertiary/aromatic N) is 2. The van der Waals surface area contributed by atoms with E-state index in [0.29, 0.717) is 6.42 Å². The van der Waals surface area contributed by atoms with Crippen LogP contribution in [0, 0.1) is 6.92 Å². The summed E-state index contributed by atoms with van der Waals surface area (Å²) < 4.78 is 2.02. The first-order valence-corrected chi connectivity index (χ1v) is 9.07. The molecule has 0 aliphatic rings. The molecular formula is C23H21N3O. The minimum atomic E-state index is 0.0156. The number of pyridine rings is 1. The Balaban J connectivity index is 1.48. The molecule has 134 valence electrons. The molecule has 2 heterocycles. The number of fused-ring (bicyclic) bond motifs is 1. The lowest BCUT2D eigenvalue weighted by Gasteiger charge is -2.07. The van der Waals surface area contributed by atoms with Crippen LogP contribution in [0.25, 0.3) is 16.9 Å². The van der Waals surface area contributed by atoms with Gasteiger partial charge in [0.1, 0.15) is 5.65 Å². The quantitative estimate of drug-likeness (QED) is 0.554. The van der Waals surface area contributed by atoms with Gasteiger partial charge in [0, 0.05) is 30.1 Å². The molecular weight excluding hydrogens is 334 g/mol. The van der Waals surface area contributed by atoms with Gasteiger partial charge in [0.2, 0.25) is 5.91 Å². The number of hydrogen-bond acceptors (Lipinski definition) is 2. The first-order chi connectivity index (χ1) is 13.2. The number of aromatic nitrogens is 2. The number of imidazole rings is 1. The van der Waals surface area contributed by atoms with Crippen LogP contribution in [-0.4, -0.2) is 15.3 Å². The molecule has 4 heteroatoms. The van der Waals surface area contributed by atoms with Crippen LogP contribution in [0.15, 0.2) is 79.1 Å². The predicted molar refractivity (Wildman–Crippen MR) is 109 cm³/mol. The standard InChI is InChI=1S/C23H21N3O/c1-17-7-6-14-26-16-21(25-23(17)26)19-10-5-11-20(15-19)24-22(27)13-12-18-8-3-2-4-9-18/h2-11,14-16H,12-13H2,1H3,(H,24,27). The number of anilines is 1. The van der Waals surface area contributed by atoms with Crippen LogP contribution >= 0.6 is 0 Å². The maximum Gasteiger partial charge on any atom is 0.224 e. The third-order valence-electron chi connectivity index (χ3n) is 4.60. The highest BCUT2D eigenvalue weighted by molar-refractivity contribution is 5.91. The van der Waals surface area contributed by atoms with Crippen LogP contribution in [0.4, 0.5) is 5.69 Å². The Bertz CT molecular complexity index is 1080. The zero-order chi connectivity index (χ0) is 18.6. The summed E-state index contributed by atoms with van der Waals surface area (Å²) in [6, 6.07) is 21.9. The molecule has 0 unspecified atom stereocenters. The van der Waals surface area contributed by atoms with E-state index in [0.717, 1.165) is 34.6 Å². The second-order valence-corrected chi connectivity index (χ2v) is 6.66. The molecule has 27 heavy (non-hydrogen) atoms. The second-order valence-electron chi connectivity index (χ2n) is 6.66. The van der Waals surface area contributed by atoms with Crippen molar-refractivity contribution in [3.8, 4) is 11.3 Å². The molecule has 0 bridgehead atoms. The van der Waals surface area contributed by atoms with Crippen molar-refractivity contribution in [1.82, 2.24) is 9.38 Å². The van der Waals surface area contributed by atoms with Gasteiger partial charge in [-0.2, -0.15) is 0 Å². The summed E-state index contributed by atoms with van der Waals surface area (Å²) in [6.07, 6.45) is 5.20. The van der Waals surface area contributed by atoms with E-state index in [1.165, 1.54) is 5.56 Å². The SMILES string of the molecule is Cc1cccn2cc(-c3cccc(NC(=O)CCc4ccccc4)c3)nc12. The Morgan fingerprint density at radius 2 is 1.89 bits per heavy atom. The lowest BCUT2D eigenvalue weighted by atomic mass is 10.1. The summed E-state index contributed by atoms with van der Waals surface area (Å²) in [5, 5.41) is 2.99. The Kier molecular flexibility index (Phi) is 4.71. The van der Waals surface area contributed by atoms with E-state index in [9.17, 15) is 4.79 Å². The van der Waals surface area contributed by atoms with E-state index in [2.05, 4.69) is 18.3 Å². The van der Waals surface area contributed by atoms with Crippen LogP contribution in [-0.2, 0) is 11.2 Å². The second kappa shape index (κ2) is 7.46. The van der Waals surface area contributed by atoms with Gasteiger partial charge in [-0.3, -0.25) is 4.79 Å². The number of carbonyl (C=O) groups is 1. The van der Waals surface area contributed by atoms with Crippen molar-refractivity contribution in [2.24, 2.45) is 0 Å². The Labute approximate surface area is 158 Å².